The Morgan fingerprint density at radius 3 is 2.95 bits per heavy atom. The molecule has 0 amide bonds. The zero-order valence-corrected chi connectivity index (χ0v) is 10.5. The molecule has 19 heavy (non-hydrogen) atoms. The first-order valence-electron chi connectivity index (χ1n) is 6.12. The number of furan rings is 1. The van der Waals surface area contributed by atoms with Gasteiger partial charge in [0, 0.05) is 11.6 Å². The average molecular weight is 254 g/mol. The molecule has 0 spiro atoms. The van der Waals surface area contributed by atoms with Gasteiger partial charge in [-0.15, -0.1) is 0 Å². The van der Waals surface area contributed by atoms with Crippen LogP contribution in [0.1, 0.15) is 18.7 Å². The Bertz CT molecular complexity index is 692. The molecule has 0 aliphatic rings. The molecule has 3 aromatic rings. The summed E-state index contributed by atoms with van der Waals surface area (Å²) in [7, 11) is 0. The second kappa shape index (κ2) is 4.65. The van der Waals surface area contributed by atoms with Gasteiger partial charge in [-0.2, -0.15) is 0 Å². The summed E-state index contributed by atoms with van der Waals surface area (Å²) in [5.74, 6) is 1.81. The topological polar surface area (TPSA) is 58.3 Å². The van der Waals surface area contributed by atoms with Gasteiger partial charge in [0.1, 0.15) is 17.3 Å². The Morgan fingerprint density at radius 1 is 1.26 bits per heavy atom. The van der Waals surface area contributed by atoms with E-state index in [1.165, 1.54) is 0 Å². The van der Waals surface area contributed by atoms with Crippen molar-refractivity contribution >= 4 is 16.6 Å². The van der Waals surface area contributed by atoms with Gasteiger partial charge < -0.3 is 14.8 Å². The summed E-state index contributed by atoms with van der Waals surface area (Å²) >= 11 is 0. The van der Waals surface area contributed by atoms with Crippen LogP contribution in [0.4, 0.5) is 5.82 Å². The van der Waals surface area contributed by atoms with E-state index in [1.54, 1.807) is 24.6 Å². The highest BCUT2D eigenvalue weighted by molar-refractivity contribution is 5.92. The number of hydrogen-bond donors (Lipinski definition) is 2. The number of aromatic hydroxyl groups is 1. The minimum absolute atomic E-state index is 0.00967. The second-order valence-electron chi connectivity index (χ2n) is 4.45. The summed E-state index contributed by atoms with van der Waals surface area (Å²) in [4.78, 5) is 4.33. The first-order chi connectivity index (χ1) is 9.24. The van der Waals surface area contributed by atoms with E-state index in [2.05, 4.69) is 10.3 Å². The maximum atomic E-state index is 9.60. The van der Waals surface area contributed by atoms with Crippen LogP contribution in [-0.4, -0.2) is 10.1 Å². The van der Waals surface area contributed by atoms with Gasteiger partial charge in [-0.05, 0) is 42.6 Å². The van der Waals surface area contributed by atoms with Crippen molar-refractivity contribution in [1.82, 2.24) is 4.98 Å². The number of rotatable bonds is 3. The number of phenolic OH excluding ortho intramolecular Hbond substituents is 1. The Labute approximate surface area is 110 Å². The first-order valence-corrected chi connectivity index (χ1v) is 6.12. The maximum Gasteiger partial charge on any atom is 0.134 e. The predicted octanol–water partition coefficient (Wildman–Crippen LogP) is 3.71. The van der Waals surface area contributed by atoms with Gasteiger partial charge >= 0.3 is 0 Å². The molecule has 1 atom stereocenters. The van der Waals surface area contributed by atoms with Gasteiger partial charge in [-0.25, -0.2) is 4.98 Å². The fraction of sp³-hybridized carbons (Fsp3) is 0.133. The lowest BCUT2D eigenvalue weighted by molar-refractivity contribution is 0.476. The van der Waals surface area contributed by atoms with Crippen LogP contribution >= 0.6 is 0 Å². The minimum Gasteiger partial charge on any atom is -0.508 e. The monoisotopic (exact) mass is 254 g/mol. The van der Waals surface area contributed by atoms with Crippen LogP contribution in [0.25, 0.3) is 10.8 Å². The molecule has 4 nitrogen and oxygen atoms in total. The number of fused-ring (bicyclic) bond motifs is 1. The van der Waals surface area contributed by atoms with Crippen LogP contribution in [-0.2, 0) is 0 Å². The molecular formula is C15H14N2O2. The molecule has 1 aromatic carbocycles. The third-order valence-electron chi connectivity index (χ3n) is 3.07. The molecule has 96 valence electrons. The van der Waals surface area contributed by atoms with Crippen LogP contribution < -0.4 is 5.32 Å². The fourth-order valence-corrected chi connectivity index (χ4v) is 2.09. The lowest BCUT2D eigenvalue weighted by Gasteiger charge is -2.14. The maximum absolute atomic E-state index is 9.60. The van der Waals surface area contributed by atoms with Crippen molar-refractivity contribution in [2.45, 2.75) is 13.0 Å². The molecule has 2 N–H and O–H groups in total. The Morgan fingerprint density at radius 2 is 2.16 bits per heavy atom. The zero-order chi connectivity index (χ0) is 13.2. The summed E-state index contributed by atoms with van der Waals surface area (Å²) < 4.78 is 5.36. The van der Waals surface area contributed by atoms with Crippen LogP contribution in [0.5, 0.6) is 5.75 Å². The highest BCUT2D eigenvalue weighted by Crippen LogP contribution is 2.27. The molecule has 0 radical (unpaired) electrons. The summed E-state index contributed by atoms with van der Waals surface area (Å²) in [6.45, 7) is 2.00. The first kappa shape index (κ1) is 11.6. The summed E-state index contributed by atoms with van der Waals surface area (Å²) in [5, 5.41) is 14.8. The van der Waals surface area contributed by atoms with Crippen molar-refractivity contribution in [3.63, 3.8) is 0 Å². The molecule has 2 aromatic heterocycles. The lowest BCUT2D eigenvalue weighted by atomic mass is 10.1. The van der Waals surface area contributed by atoms with E-state index in [9.17, 15) is 5.11 Å². The number of benzene rings is 1. The summed E-state index contributed by atoms with van der Waals surface area (Å²) in [5.41, 5.74) is 0. The number of nitrogens with zero attached hydrogens (tertiary/aromatic N) is 1. The van der Waals surface area contributed by atoms with Gasteiger partial charge in [0.25, 0.3) is 0 Å². The SMILES string of the molecule is CC(Nc1nccc2ccc(O)cc12)c1ccco1. The second-order valence-corrected chi connectivity index (χ2v) is 4.45. The number of pyridine rings is 1. The Hall–Kier alpha value is -2.49. The van der Waals surface area contributed by atoms with Crippen molar-refractivity contribution in [3.8, 4) is 5.75 Å². The Balaban J connectivity index is 1.98. The van der Waals surface area contributed by atoms with Crippen LogP contribution in [0, 0.1) is 0 Å². The van der Waals surface area contributed by atoms with E-state index >= 15 is 0 Å². The lowest BCUT2D eigenvalue weighted by Crippen LogP contribution is -2.07. The van der Waals surface area contributed by atoms with Crippen molar-refractivity contribution < 1.29 is 9.52 Å². The van der Waals surface area contributed by atoms with E-state index < -0.39 is 0 Å². The summed E-state index contributed by atoms with van der Waals surface area (Å²) in [6.07, 6.45) is 3.40. The number of anilines is 1. The van der Waals surface area contributed by atoms with Gasteiger partial charge in [0.05, 0.1) is 12.3 Å². The third-order valence-corrected chi connectivity index (χ3v) is 3.07. The van der Waals surface area contributed by atoms with Gasteiger partial charge in [0.15, 0.2) is 0 Å². The van der Waals surface area contributed by atoms with Crippen molar-refractivity contribution in [1.29, 1.82) is 0 Å². The molecule has 0 saturated carbocycles. The van der Waals surface area contributed by atoms with Crippen molar-refractivity contribution in [2.24, 2.45) is 0 Å². The van der Waals surface area contributed by atoms with E-state index in [1.807, 2.05) is 31.2 Å². The van der Waals surface area contributed by atoms with E-state index in [-0.39, 0.29) is 11.8 Å². The van der Waals surface area contributed by atoms with E-state index in [0.29, 0.717) is 0 Å². The largest absolute Gasteiger partial charge is 0.508 e. The number of aromatic nitrogens is 1. The van der Waals surface area contributed by atoms with Gasteiger partial charge in [-0.1, -0.05) is 6.07 Å². The van der Waals surface area contributed by atoms with Gasteiger partial charge in [-0.3, -0.25) is 0 Å². The number of nitrogens with one attached hydrogen (secondary N) is 1. The van der Waals surface area contributed by atoms with Gasteiger partial charge in [0.2, 0.25) is 0 Å². The third kappa shape index (κ3) is 2.25. The van der Waals surface area contributed by atoms with Crippen molar-refractivity contribution in [3.05, 3.63) is 54.6 Å². The molecule has 0 aliphatic carbocycles. The van der Waals surface area contributed by atoms with Crippen LogP contribution in [0.15, 0.2) is 53.3 Å². The molecule has 2 heterocycles. The Kier molecular flexibility index (Phi) is 2.83. The van der Waals surface area contributed by atoms with Crippen molar-refractivity contribution in [2.75, 3.05) is 5.32 Å². The number of hydrogen-bond acceptors (Lipinski definition) is 4. The standard InChI is InChI=1S/C15H14N2O2/c1-10(14-3-2-8-19-14)17-15-13-9-12(18)5-4-11(13)6-7-16-15/h2-10,18H,1H3,(H,16,17). The number of phenols is 1. The molecule has 0 bridgehead atoms. The highest BCUT2D eigenvalue weighted by atomic mass is 16.3. The smallest absolute Gasteiger partial charge is 0.134 e. The predicted molar refractivity (Wildman–Crippen MR) is 74.2 cm³/mol. The average Bonchev–Trinajstić information content (AvgIpc) is 2.93. The molecule has 0 fully saturated rings. The molecule has 1 unspecified atom stereocenters. The molecule has 0 aliphatic heterocycles. The highest BCUT2D eigenvalue weighted by Gasteiger charge is 2.11. The van der Waals surface area contributed by atoms with Crippen LogP contribution in [0.3, 0.4) is 0 Å². The minimum atomic E-state index is 0.00967. The van der Waals surface area contributed by atoms with E-state index in [0.717, 1.165) is 22.4 Å². The molecule has 0 saturated heterocycles. The van der Waals surface area contributed by atoms with Crippen LogP contribution in [0.2, 0.25) is 0 Å². The fourth-order valence-electron chi connectivity index (χ4n) is 2.09. The zero-order valence-electron chi connectivity index (χ0n) is 10.5. The van der Waals surface area contributed by atoms with E-state index in [4.69, 9.17) is 4.42 Å². The molecular weight excluding hydrogens is 240 g/mol. The molecule has 4 heteroatoms. The normalized spacial score (nSPS) is 12.5. The quantitative estimate of drug-likeness (QED) is 0.748. The molecule has 3 rings (SSSR count). The summed E-state index contributed by atoms with van der Waals surface area (Å²) in [6, 6.07) is 10.9.